The van der Waals surface area contributed by atoms with E-state index in [0.717, 1.165) is 37.6 Å². The smallest absolute Gasteiger partial charge is 0.122 e. The van der Waals surface area contributed by atoms with Crippen molar-refractivity contribution >= 4 is 0 Å². The van der Waals surface area contributed by atoms with Crippen molar-refractivity contribution in [2.45, 2.75) is 33.4 Å². The summed E-state index contributed by atoms with van der Waals surface area (Å²) in [5, 5.41) is 3.35. The zero-order valence-corrected chi connectivity index (χ0v) is 10.4. The van der Waals surface area contributed by atoms with E-state index < -0.39 is 0 Å². The quantitative estimate of drug-likeness (QED) is 0.779. The Morgan fingerprint density at radius 1 is 1.47 bits per heavy atom. The predicted octanol–water partition coefficient (Wildman–Crippen LogP) is 2.33. The standard InChI is InChI=1S/C13H19N3O/c1-3-5-14-9-13-12(4-8-17-13)10-16-7-6-15-11(16)2/h4,6-8,14H,3,5,9-10H2,1-2H3. The third kappa shape index (κ3) is 2.97. The summed E-state index contributed by atoms with van der Waals surface area (Å²) in [6.45, 7) is 6.81. The lowest BCUT2D eigenvalue weighted by atomic mass is 10.2. The highest BCUT2D eigenvalue weighted by Gasteiger charge is 2.07. The number of nitrogens with zero attached hydrogens (tertiary/aromatic N) is 2. The molecule has 0 saturated carbocycles. The molecule has 4 nitrogen and oxygen atoms in total. The molecule has 0 aromatic carbocycles. The summed E-state index contributed by atoms with van der Waals surface area (Å²) in [5.74, 6) is 2.05. The molecule has 92 valence electrons. The van der Waals surface area contributed by atoms with Gasteiger partial charge in [0.25, 0.3) is 0 Å². The Bertz CT molecular complexity index is 459. The third-order valence-electron chi connectivity index (χ3n) is 2.81. The monoisotopic (exact) mass is 233 g/mol. The molecule has 17 heavy (non-hydrogen) atoms. The second kappa shape index (κ2) is 5.68. The van der Waals surface area contributed by atoms with Gasteiger partial charge in [0.2, 0.25) is 0 Å². The highest BCUT2D eigenvalue weighted by molar-refractivity contribution is 5.18. The number of aryl methyl sites for hydroxylation is 1. The van der Waals surface area contributed by atoms with E-state index in [1.165, 1.54) is 5.56 Å². The summed E-state index contributed by atoms with van der Waals surface area (Å²) in [6, 6.07) is 2.03. The number of imidazole rings is 1. The molecule has 0 aliphatic carbocycles. The van der Waals surface area contributed by atoms with Crippen molar-refractivity contribution in [3.8, 4) is 0 Å². The molecule has 0 fully saturated rings. The summed E-state index contributed by atoms with van der Waals surface area (Å²) in [6.07, 6.45) is 6.71. The fourth-order valence-corrected chi connectivity index (χ4v) is 1.80. The van der Waals surface area contributed by atoms with Crippen LogP contribution in [0, 0.1) is 6.92 Å². The molecule has 0 amide bonds. The summed E-state index contributed by atoms with van der Waals surface area (Å²) < 4.78 is 7.62. The third-order valence-corrected chi connectivity index (χ3v) is 2.81. The Morgan fingerprint density at radius 2 is 2.35 bits per heavy atom. The van der Waals surface area contributed by atoms with Gasteiger partial charge in [-0.25, -0.2) is 4.98 Å². The molecule has 0 saturated heterocycles. The van der Waals surface area contributed by atoms with Crippen molar-refractivity contribution < 1.29 is 4.42 Å². The molecular weight excluding hydrogens is 214 g/mol. The van der Waals surface area contributed by atoms with E-state index in [1.807, 2.05) is 25.4 Å². The Hall–Kier alpha value is -1.55. The van der Waals surface area contributed by atoms with Crippen molar-refractivity contribution in [1.29, 1.82) is 0 Å². The summed E-state index contributed by atoms with van der Waals surface area (Å²) in [7, 11) is 0. The van der Waals surface area contributed by atoms with Crippen molar-refractivity contribution in [3.05, 3.63) is 41.9 Å². The van der Waals surface area contributed by atoms with Crippen LogP contribution < -0.4 is 5.32 Å². The van der Waals surface area contributed by atoms with E-state index in [9.17, 15) is 0 Å². The van der Waals surface area contributed by atoms with E-state index in [0.29, 0.717) is 0 Å². The fourth-order valence-electron chi connectivity index (χ4n) is 1.80. The van der Waals surface area contributed by atoms with Gasteiger partial charge in [0, 0.05) is 18.0 Å². The lowest BCUT2D eigenvalue weighted by molar-refractivity contribution is 0.476. The first-order chi connectivity index (χ1) is 8.31. The van der Waals surface area contributed by atoms with Gasteiger partial charge in [0.1, 0.15) is 11.6 Å². The van der Waals surface area contributed by atoms with Crippen LogP contribution in [0.5, 0.6) is 0 Å². The molecule has 4 heteroatoms. The van der Waals surface area contributed by atoms with Gasteiger partial charge >= 0.3 is 0 Å². The van der Waals surface area contributed by atoms with Gasteiger partial charge in [-0.1, -0.05) is 6.92 Å². The lowest BCUT2D eigenvalue weighted by Crippen LogP contribution is -2.15. The molecule has 2 rings (SSSR count). The number of aromatic nitrogens is 2. The van der Waals surface area contributed by atoms with Gasteiger partial charge in [-0.05, 0) is 26.0 Å². The number of hydrogen-bond donors (Lipinski definition) is 1. The maximum atomic E-state index is 5.50. The van der Waals surface area contributed by atoms with E-state index >= 15 is 0 Å². The molecule has 2 heterocycles. The first-order valence-corrected chi connectivity index (χ1v) is 6.05. The first-order valence-electron chi connectivity index (χ1n) is 6.05. The Balaban J connectivity index is 2.01. The lowest BCUT2D eigenvalue weighted by Gasteiger charge is -2.06. The van der Waals surface area contributed by atoms with Crippen molar-refractivity contribution in [3.63, 3.8) is 0 Å². The topological polar surface area (TPSA) is 43.0 Å². The first kappa shape index (κ1) is 11.9. The second-order valence-electron chi connectivity index (χ2n) is 4.15. The van der Waals surface area contributed by atoms with Crippen LogP contribution in [-0.2, 0) is 13.1 Å². The molecule has 0 radical (unpaired) electrons. The molecule has 2 aromatic rings. The SMILES string of the molecule is CCCNCc1occc1Cn1ccnc1C. The van der Waals surface area contributed by atoms with Gasteiger partial charge in [0.15, 0.2) is 0 Å². The Labute approximate surface area is 102 Å². The molecule has 0 unspecified atom stereocenters. The zero-order valence-electron chi connectivity index (χ0n) is 10.4. The Morgan fingerprint density at radius 3 is 3.06 bits per heavy atom. The molecule has 0 bridgehead atoms. The van der Waals surface area contributed by atoms with Gasteiger partial charge in [-0.2, -0.15) is 0 Å². The largest absolute Gasteiger partial charge is 0.468 e. The second-order valence-corrected chi connectivity index (χ2v) is 4.15. The number of hydrogen-bond acceptors (Lipinski definition) is 3. The molecule has 0 spiro atoms. The molecular formula is C13H19N3O. The van der Waals surface area contributed by atoms with Crippen LogP contribution in [-0.4, -0.2) is 16.1 Å². The average molecular weight is 233 g/mol. The van der Waals surface area contributed by atoms with Crippen molar-refractivity contribution in [2.75, 3.05) is 6.54 Å². The molecule has 1 N–H and O–H groups in total. The Kier molecular flexibility index (Phi) is 3.98. The minimum Gasteiger partial charge on any atom is -0.468 e. The van der Waals surface area contributed by atoms with E-state index in [-0.39, 0.29) is 0 Å². The highest BCUT2D eigenvalue weighted by Crippen LogP contribution is 2.13. The van der Waals surface area contributed by atoms with Crippen LogP contribution in [0.2, 0.25) is 0 Å². The molecule has 2 aromatic heterocycles. The van der Waals surface area contributed by atoms with E-state index in [4.69, 9.17) is 4.42 Å². The highest BCUT2D eigenvalue weighted by atomic mass is 16.3. The van der Waals surface area contributed by atoms with Crippen LogP contribution in [0.15, 0.2) is 29.1 Å². The number of furan rings is 1. The summed E-state index contributed by atoms with van der Waals surface area (Å²) in [5.41, 5.74) is 1.22. The zero-order chi connectivity index (χ0) is 12.1. The van der Waals surface area contributed by atoms with Crippen molar-refractivity contribution in [2.24, 2.45) is 0 Å². The summed E-state index contributed by atoms with van der Waals surface area (Å²) >= 11 is 0. The fraction of sp³-hybridized carbons (Fsp3) is 0.462. The van der Waals surface area contributed by atoms with E-state index in [2.05, 4.69) is 21.8 Å². The summed E-state index contributed by atoms with van der Waals surface area (Å²) in [4.78, 5) is 4.22. The van der Waals surface area contributed by atoms with Crippen LogP contribution in [0.25, 0.3) is 0 Å². The molecule has 0 aliphatic heterocycles. The maximum absolute atomic E-state index is 5.50. The predicted molar refractivity (Wildman–Crippen MR) is 66.8 cm³/mol. The van der Waals surface area contributed by atoms with Gasteiger partial charge in [0.05, 0.1) is 19.4 Å². The normalized spacial score (nSPS) is 10.9. The minimum absolute atomic E-state index is 0.796. The van der Waals surface area contributed by atoms with Gasteiger partial charge in [-0.15, -0.1) is 0 Å². The number of nitrogens with one attached hydrogen (secondary N) is 1. The van der Waals surface area contributed by atoms with Crippen LogP contribution in [0.3, 0.4) is 0 Å². The average Bonchev–Trinajstić information content (AvgIpc) is 2.91. The molecule has 0 atom stereocenters. The number of rotatable bonds is 6. The van der Waals surface area contributed by atoms with Crippen LogP contribution in [0.1, 0.15) is 30.5 Å². The van der Waals surface area contributed by atoms with Gasteiger partial charge in [-0.3, -0.25) is 0 Å². The minimum atomic E-state index is 0.796. The molecule has 0 aliphatic rings. The van der Waals surface area contributed by atoms with E-state index in [1.54, 1.807) is 6.26 Å². The van der Waals surface area contributed by atoms with Gasteiger partial charge < -0.3 is 14.3 Å². The van der Waals surface area contributed by atoms with Crippen LogP contribution >= 0.6 is 0 Å². The maximum Gasteiger partial charge on any atom is 0.122 e. The van der Waals surface area contributed by atoms with Crippen LogP contribution in [0.4, 0.5) is 0 Å². The van der Waals surface area contributed by atoms with Crippen molar-refractivity contribution in [1.82, 2.24) is 14.9 Å².